The van der Waals surface area contributed by atoms with Crippen molar-refractivity contribution in [3.8, 4) is 0 Å². The molecule has 3 amide bonds. The summed E-state index contributed by atoms with van der Waals surface area (Å²) in [6, 6.07) is -0.153. The fourth-order valence-corrected chi connectivity index (χ4v) is 12.4. The molecule has 0 saturated carbocycles. The van der Waals surface area contributed by atoms with Crippen molar-refractivity contribution in [1.82, 2.24) is 10.2 Å². The second kappa shape index (κ2) is 10.5. The first kappa shape index (κ1) is 22.4. The number of unbranched alkanes of at least 4 members (excludes halogenated alkanes) is 4. The van der Waals surface area contributed by atoms with Crippen molar-refractivity contribution in [2.75, 3.05) is 37.5 Å². The predicted octanol–water partition coefficient (Wildman–Crippen LogP) is 5.25. The van der Waals surface area contributed by atoms with Gasteiger partial charge in [0.15, 0.2) is 0 Å². The summed E-state index contributed by atoms with van der Waals surface area (Å²) in [6.07, 6.45) is 16.0. The number of hydrogen-bond donors (Lipinski definition) is 1. The van der Waals surface area contributed by atoms with E-state index in [9.17, 15) is 9.59 Å². The molecule has 1 saturated heterocycles. The van der Waals surface area contributed by atoms with Crippen molar-refractivity contribution in [2.45, 2.75) is 79.1 Å². The average molecular weight is 373 g/mol. The van der Waals surface area contributed by atoms with Crippen LogP contribution < -0.4 is 5.32 Å². The van der Waals surface area contributed by atoms with Gasteiger partial charge in [0, 0.05) is 0 Å². The molecule has 0 spiro atoms. The normalized spacial score (nSPS) is 16.8. The molecule has 0 unspecified atom stereocenters. The van der Waals surface area contributed by atoms with E-state index in [-0.39, 0.29) is 18.5 Å². The standard InChI is InChI=1S/C20H41N2O2P/c1-5-9-13-25(14-10-6-2,15-11-7-3,16-12-8-4)18-22-17-19(23)21-20(22)24/h5-18H2,1-4H3,(H,21,23,24). The number of carbonyl (C=O) groups is 2. The molecule has 25 heavy (non-hydrogen) atoms. The van der Waals surface area contributed by atoms with Gasteiger partial charge in [0.05, 0.1) is 0 Å². The zero-order valence-electron chi connectivity index (χ0n) is 17.1. The topological polar surface area (TPSA) is 49.4 Å². The average Bonchev–Trinajstić information content (AvgIpc) is 2.92. The molecule has 1 N–H and O–H groups in total. The summed E-state index contributed by atoms with van der Waals surface area (Å²) in [6.45, 7) is 7.32. The van der Waals surface area contributed by atoms with E-state index in [0.717, 1.165) is 6.29 Å². The van der Waals surface area contributed by atoms with E-state index in [1.165, 1.54) is 76.0 Å². The number of nitrogens with zero attached hydrogens (tertiary/aromatic N) is 1. The van der Waals surface area contributed by atoms with Gasteiger partial charge in [-0.25, -0.2) is 0 Å². The molecule has 5 heteroatoms. The third-order valence-electron chi connectivity index (χ3n) is 6.02. The van der Waals surface area contributed by atoms with Crippen LogP contribution in [0.4, 0.5) is 4.79 Å². The Balaban J connectivity index is 3.21. The van der Waals surface area contributed by atoms with Gasteiger partial charge in [-0.2, -0.15) is 0 Å². The molecule has 1 aliphatic heterocycles. The number of nitrogens with one attached hydrogen (secondary N) is 1. The van der Waals surface area contributed by atoms with Crippen molar-refractivity contribution >= 4 is 18.5 Å². The molecule has 0 radical (unpaired) electrons. The van der Waals surface area contributed by atoms with Crippen molar-refractivity contribution in [2.24, 2.45) is 0 Å². The summed E-state index contributed by atoms with van der Waals surface area (Å²) in [5.41, 5.74) is 0. The van der Waals surface area contributed by atoms with Crippen LogP contribution in [0.3, 0.4) is 0 Å². The molecule has 0 aromatic carbocycles. The van der Waals surface area contributed by atoms with Crippen molar-refractivity contribution in [1.29, 1.82) is 0 Å². The molecule has 0 aliphatic carbocycles. The van der Waals surface area contributed by atoms with Crippen LogP contribution in [-0.2, 0) is 4.79 Å². The third-order valence-corrected chi connectivity index (χ3v) is 13.5. The van der Waals surface area contributed by atoms with Crippen molar-refractivity contribution in [3.63, 3.8) is 0 Å². The summed E-state index contributed by atoms with van der Waals surface area (Å²) >= 11 is 0. The molecule has 1 fully saturated rings. The van der Waals surface area contributed by atoms with E-state index in [2.05, 4.69) is 33.0 Å². The molecule has 0 bridgehead atoms. The Kier molecular flexibility index (Phi) is 9.41. The maximum atomic E-state index is 12.3. The quantitative estimate of drug-likeness (QED) is 0.334. The molecule has 1 aliphatic rings. The van der Waals surface area contributed by atoms with Gasteiger partial charge < -0.3 is 0 Å². The Morgan fingerprint density at radius 3 is 1.48 bits per heavy atom. The predicted molar refractivity (Wildman–Crippen MR) is 111 cm³/mol. The molecule has 148 valence electrons. The Labute approximate surface area is 155 Å². The van der Waals surface area contributed by atoms with Crippen LogP contribution in [0.25, 0.3) is 0 Å². The van der Waals surface area contributed by atoms with Gasteiger partial charge in [0.25, 0.3) is 0 Å². The Morgan fingerprint density at radius 1 is 0.800 bits per heavy atom. The SMILES string of the molecule is CCCCP(CCCC)(CCCC)(CCCC)CN1CC(=O)NC1=O. The minimum atomic E-state index is -2.05. The van der Waals surface area contributed by atoms with Crippen LogP contribution >= 0.6 is 6.60 Å². The molecule has 0 aromatic rings. The molecule has 1 rings (SSSR count). The number of urea groups is 1. The van der Waals surface area contributed by atoms with Gasteiger partial charge in [-0.3, -0.25) is 0 Å². The fourth-order valence-electron chi connectivity index (χ4n) is 4.46. The number of hydrogen-bond acceptors (Lipinski definition) is 2. The van der Waals surface area contributed by atoms with Crippen molar-refractivity contribution in [3.05, 3.63) is 0 Å². The zero-order valence-corrected chi connectivity index (χ0v) is 18.0. The number of rotatable bonds is 14. The first-order chi connectivity index (χ1) is 11.9. The molecule has 0 aromatic heterocycles. The van der Waals surface area contributed by atoms with Gasteiger partial charge in [-0.05, 0) is 0 Å². The number of amides is 3. The summed E-state index contributed by atoms with van der Waals surface area (Å²) in [4.78, 5) is 25.9. The molecular formula is C20H41N2O2P. The first-order valence-electron chi connectivity index (χ1n) is 10.5. The van der Waals surface area contributed by atoms with Gasteiger partial charge in [-0.15, -0.1) is 0 Å². The van der Waals surface area contributed by atoms with Crippen LogP contribution in [0, 0.1) is 0 Å². The molecule has 4 nitrogen and oxygen atoms in total. The second-order valence-corrected chi connectivity index (χ2v) is 14.8. The van der Waals surface area contributed by atoms with E-state index >= 15 is 0 Å². The van der Waals surface area contributed by atoms with Crippen molar-refractivity contribution < 1.29 is 9.59 Å². The number of imide groups is 1. The van der Waals surface area contributed by atoms with E-state index < -0.39 is 6.60 Å². The Bertz CT molecular complexity index is 396. The zero-order chi connectivity index (χ0) is 18.8. The fraction of sp³-hybridized carbons (Fsp3) is 0.900. The minimum absolute atomic E-state index is 0.126. The molecular weight excluding hydrogens is 331 g/mol. The molecule has 0 atom stereocenters. The van der Waals surface area contributed by atoms with E-state index in [4.69, 9.17) is 0 Å². The molecule has 1 heterocycles. The summed E-state index contributed by atoms with van der Waals surface area (Å²) in [5.74, 6) is -0.126. The summed E-state index contributed by atoms with van der Waals surface area (Å²) in [5, 5.41) is 2.50. The first-order valence-corrected chi connectivity index (χ1v) is 13.7. The van der Waals surface area contributed by atoms with Crippen LogP contribution in [0.1, 0.15) is 79.1 Å². The van der Waals surface area contributed by atoms with Gasteiger partial charge >= 0.3 is 155 Å². The summed E-state index contributed by atoms with van der Waals surface area (Å²) < 4.78 is 0. The van der Waals surface area contributed by atoms with Gasteiger partial charge in [-0.1, -0.05) is 0 Å². The van der Waals surface area contributed by atoms with E-state index in [1.54, 1.807) is 0 Å². The number of carbonyl (C=O) groups excluding carboxylic acids is 2. The van der Waals surface area contributed by atoms with Crippen LogP contribution in [0.5, 0.6) is 0 Å². The maximum absolute atomic E-state index is 12.3. The van der Waals surface area contributed by atoms with Gasteiger partial charge in [0.2, 0.25) is 0 Å². The summed E-state index contributed by atoms with van der Waals surface area (Å²) in [7, 11) is 0. The van der Waals surface area contributed by atoms with Crippen LogP contribution in [0.2, 0.25) is 0 Å². The second-order valence-electron chi connectivity index (χ2n) is 8.24. The third kappa shape index (κ3) is 6.24. The van der Waals surface area contributed by atoms with E-state index in [1.807, 2.05) is 4.90 Å². The Morgan fingerprint density at radius 2 is 1.20 bits per heavy atom. The van der Waals surface area contributed by atoms with Crippen LogP contribution in [0.15, 0.2) is 0 Å². The van der Waals surface area contributed by atoms with E-state index in [0.29, 0.717) is 0 Å². The van der Waals surface area contributed by atoms with Gasteiger partial charge in [0.1, 0.15) is 0 Å². The monoisotopic (exact) mass is 372 g/mol. The Hall–Kier alpha value is -0.630. The van der Waals surface area contributed by atoms with Crippen LogP contribution in [-0.4, -0.2) is 54.3 Å².